The Kier molecular flexibility index (Phi) is 7.25. The van der Waals surface area contributed by atoms with Gasteiger partial charge in [-0.1, -0.05) is 30.3 Å². The summed E-state index contributed by atoms with van der Waals surface area (Å²) in [6.07, 6.45) is 3.43. The number of methoxy groups -OCH3 is 1. The minimum absolute atomic E-state index is 0.153. The van der Waals surface area contributed by atoms with Crippen LogP contribution in [-0.2, 0) is 6.54 Å². The van der Waals surface area contributed by atoms with Gasteiger partial charge in [0.1, 0.15) is 5.75 Å². The van der Waals surface area contributed by atoms with Crippen molar-refractivity contribution in [2.24, 2.45) is 0 Å². The van der Waals surface area contributed by atoms with Crippen molar-refractivity contribution < 1.29 is 14.3 Å². The summed E-state index contributed by atoms with van der Waals surface area (Å²) < 4.78 is 5.15. The van der Waals surface area contributed by atoms with E-state index in [9.17, 15) is 9.59 Å². The van der Waals surface area contributed by atoms with Crippen LogP contribution in [0.1, 0.15) is 45.5 Å². The summed E-state index contributed by atoms with van der Waals surface area (Å²) in [6, 6.07) is 22.3. The molecule has 0 saturated carbocycles. The maximum atomic E-state index is 13.2. The van der Waals surface area contributed by atoms with Crippen LogP contribution in [0.2, 0.25) is 0 Å². The Balaban J connectivity index is 1.55. The number of carbonyl (C=O) groups excluding carboxylic acids is 2. The van der Waals surface area contributed by atoms with Gasteiger partial charge in [-0.25, -0.2) is 0 Å². The number of anilines is 2. The number of nitrogens with zero attached hydrogens (tertiary/aromatic N) is 1. The first kappa shape index (κ1) is 22.4. The van der Waals surface area contributed by atoms with Crippen molar-refractivity contribution in [3.05, 3.63) is 89.5 Å². The topological polar surface area (TPSA) is 70.7 Å². The highest BCUT2D eigenvalue weighted by Crippen LogP contribution is 2.28. The summed E-state index contributed by atoms with van der Waals surface area (Å²) in [7, 11) is 1.59. The maximum Gasteiger partial charge on any atom is 0.255 e. The molecule has 1 fully saturated rings. The Morgan fingerprint density at radius 3 is 2.30 bits per heavy atom. The fourth-order valence-electron chi connectivity index (χ4n) is 4.03. The van der Waals surface area contributed by atoms with Crippen molar-refractivity contribution in [2.45, 2.75) is 25.8 Å². The van der Waals surface area contributed by atoms with Crippen LogP contribution in [0.4, 0.5) is 11.4 Å². The van der Waals surface area contributed by atoms with E-state index in [1.165, 1.54) is 6.42 Å². The van der Waals surface area contributed by atoms with Crippen molar-refractivity contribution in [3.8, 4) is 5.75 Å². The monoisotopic (exact) mass is 443 g/mol. The van der Waals surface area contributed by atoms with Crippen LogP contribution < -0.4 is 20.3 Å². The Hall–Kier alpha value is -3.80. The Labute approximate surface area is 194 Å². The lowest BCUT2D eigenvalue weighted by molar-refractivity contribution is 0.0950. The highest BCUT2D eigenvalue weighted by molar-refractivity contribution is 6.06. The molecule has 0 unspecified atom stereocenters. The molecule has 170 valence electrons. The van der Waals surface area contributed by atoms with E-state index in [0.717, 1.165) is 37.2 Å². The average Bonchev–Trinajstić information content (AvgIpc) is 2.88. The normalized spacial score (nSPS) is 13.3. The second-order valence-corrected chi connectivity index (χ2v) is 8.13. The molecular weight excluding hydrogens is 414 g/mol. The van der Waals surface area contributed by atoms with Gasteiger partial charge in [0, 0.05) is 36.6 Å². The van der Waals surface area contributed by atoms with Gasteiger partial charge in [-0.05, 0) is 67.3 Å². The number of carbonyl (C=O) groups is 2. The van der Waals surface area contributed by atoms with Crippen LogP contribution in [-0.4, -0.2) is 32.0 Å². The third-order valence-corrected chi connectivity index (χ3v) is 5.84. The van der Waals surface area contributed by atoms with Gasteiger partial charge < -0.3 is 20.3 Å². The van der Waals surface area contributed by atoms with Gasteiger partial charge in [-0.2, -0.15) is 0 Å². The molecule has 0 bridgehead atoms. The molecule has 1 aliphatic rings. The molecule has 6 nitrogen and oxygen atoms in total. The van der Waals surface area contributed by atoms with Crippen LogP contribution in [0.25, 0.3) is 0 Å². The molecule has 0 spiro atoms. The Morgan fingerprint density at radius 1 is 0.879 bits per heavy atom. The van der Waals surface area contributed by atoms with Crippen LogP contribution in [0.15, 0.2) is 72.8 Å². The van der Waals surface area contributed by atoms with E-state index in [2.05, 4.69) is 15.5 Å². The summed E-state index contributed by atoms with van der Waals surface area (Å²) in [5.41, 5.74) is 3.62. The molecule has 0 radical (unpaired) electrons. The molecule has 3 aromatic rings. The largest absolute Gasteiger partial charge is 0.497 e. The first-order valence-corrected chi connectivity index (χ1v) is 11.3. The van der Waals surface area contributed by atoms with Gasteiger partial charge in [0.2, 0.25) is 0 Å². The lowest BCUT2D eigenvalue weighted by Crippen LogP contribution is -2.32. The quantitative estimate of drug-likeness (QED) is 0.547. The summed E-state index contributed by atoms with van der Waals surface area (Å²) in [5, 5.41) is 5.94. The molecule has 1 aliphatic heterocycles. The molecule has 1 heterocycles. The third-order valence-electron chi connectivity index (χ3n) is 5.84. The number of amides is 2. The first-order chi connectivity index (χ1) is 16.1. The highest BCUT2D eigenvalue weighted by Gasteiger charge is 2.20. The Bertz CT molecular complexity index is 1090. The average molecular weight is 444 g/mol. The molecule has 33 heavy (non-hydrogen) atoms. The minimum atomic E-state index is -0.237. The van der Waals surface area contributed by atoms with Crippen LogP contribution in [0.3, 0.4) is 0 Å². The third kappa shape index (κ3) is 5.71. The van der Waals surface area contributed by atoms with Gasteiger partial charge >= 0.3 is 0 Å². The summed E-state index contributed by atoms with van der Waals surface area (Å²) >= 11 is 0. The van der Waals surface area contributed by atoms with Crippen molar-refractivity contribution >= 4 is 23.2 Å². The van der Waals surface area contributed by atoms with Crippen molar-refractivity contribution in [1.82, 2.24) is 5.32 Å². The van der Waals surface area contributed by atoms with E-state index in [-0.39, 0.29) is 11.8 Å². The number of hydrogen-bond acceptors (Lipinski definition) is 4. The lowest BCUT2D eigenvalue weighted by Gasteiger charge is -2.30. The lowest BCUT2D eigenvalue weighted by atomic mass is 10.1. The van der Waals surface area contributed by atoms with Gasteiger partial charge in [0.15, 0.2) is 0 Å². The van der Waals surface area contributed by atoms with E-state index in [4.69, 9.17) is 4.74 Å². The minimum Gasteiger partial charge on any atom is -0.497 e. The summed E-state index contributed by atoms with van der Waals surface area (Å²) in [6.45, 7) is 2.30. The van der Waals surface area contributed by atoms with Gasteiger partial charge in [0.05, 0.1) is 12.7 Å². The molecule has 4 rings (SSSR count). The van der Waals surface area contributed by atoms with E-state index in [1.807, 2.05) is 42.5 Å². The summed E-state index contributed by atoms with van der Waals surface area (Å²) in [4.78, 5) is 28.2. The number of hydrogen-bond donors (Lipinski definition) is 2. The predicted octanol–water partition coefficient (Wildman–Crippen LogP) is 4.87. The SMILES string of the molecule is COc1ccc(C(=O)Nc2ccc(N3CCCCC3)c(C(=O)NCc3ccccc3)c2)cc1. The van der Waals surface area contributed by atoms with Crippen LogP contribution in [0.5, 0.6) is 5.75 Å². The number of benzene rings is 3. The zero-order valence-electron chi connectivity index (χ0n) is 18.8. The molecule has 2 amide bonds. The smallest absolute Gasteiger partial charge is 0.255 e. The first-order valence-electron chi connectivity index (χ1n) is 11.3. The number of piperidine rings is 1. The van der Waals surface area contributed by atoms with Crippen LogP contribution in [0, 0.1) is 0 Å². The van der Waals surface area contributed by atoms with Gasteiger partial charge in [0.25, 0.3) is 11.8 Å². The fourth-order valence-corrected chi connectivity index (χ4v) is 4.03. The standard InChI is InChI=1S/C27H29N3O3/c1-33-23-13-10-21(11-14-23)26(31)29-22-12-15-25(30-16-6-3-7-17-30)24(18-22)27(32)28-19-20-8-4-2-5-9-20/h2,4-5,8-15,18H,3,6-7,16-17,19H2,1H3,(H,28,32)(H,29,31). The second kappa shape index (κ2) is 10.7. The van der Waals surface area contributed by atoms with E-state index < -0.39 is 0 Å². The van der Waals surface area contributed by atoms with E-state index >= 15 is 0 Å². The molecule has 6 heteroatoms. The molecule has 2 N–H and O–H groups in total. The zero-order valence-corrected chi connectivity index (χ0v) is 18.8. The van der Waals surface area contributed by atoms with Gasteiger partial charge in [-0.3, -0.25) is 9.59 Å². The molecule has 0 aliphatic carbocycles. The summed E-state index contributed by atoms with van der Waals surface area (Å²) in [5.74, 6) is 0.300. The number of rotatable bonds is 7. The molecule has 0 aromatic heterocycles. The Morgan fingerprint density at radius 2 is 1.61 bits per heavy atom. The van der Waals surface area contributed by atoms with E-state index in [0.29, 0.717) is 29.1 Å². The zero-order chi connectivity index (χ0) is 23.0. The van der Waals surface area contributed by atoms with Gasteiger partial charge in [-0.15, -0.1) is 0 Å². The fraction of sp³-hybridized carbons (Fsp3) is 0.259. The number of nitrogens with one attached hydrogen (secondary N) is 2. The molecule has 1 saturated heterocycles. The second-order valence-electron chi connectivity index (χ2n) is 8.13. The predicted molar refractivity (Wildman–Crippen MR) is 131 cm³/mol. The molecular formula is C27H29N3O3. The van der Waals surface area contributed by atoms with Crippen molar-refractivity contribution in [3.63, 3.8) is 0 Å². The molecule has 3 aromatic carbocycles. The maximum absolute atomic E-state index is 13.2. The molecule has 0 atom stereocenters. The number of ether oxygens (including phenoxy) is 1. The van der Waals surface area contributed by atoms with Crippen molar-refractivity contribution in [2.75, 3.05) is 30.4 Å². The van der Waals surface area contributed by atoms with Crippen molar-refractivity contribution in [1.29, 1.82) is 0 Å². The highest BCUT2D eigenvalue weighted by atomic mass is 16.5. The van der Waals surface area contributed by atoms with E-state index in [1.54, 1.807) is 37.4 Å². The van der Waals surface area contributed by atoms with Crippen LogP contribution >= 0.6 is 0 Å².